The van der Waals surface area contributed by atoms with Crippen molar-refractivity contribution < 1.29 is 13.5 Å². The van der Waals surface area contributed by atoms with Gasteiger partial charge in [0.25, 0.3) is 0 Å². The van der Waals surface area contributed by atoms with Crippen LogP contribution in [-0.2, 0) is 0 Å². The fourth-order valence-electron chi connectivity index (χ4n) is 3.20. The van der Waals surface area contributed by atoms with Crippen LogP contribution in [0.1, 0.15) is 0 Å². The molecule has 0 unspecified atom stereocenters. The molecule has 0 radical (unpaired) electrons. The van der Waals surface area contributed by atoms with E-state index >= 15 is 0 Å². The van der Waals surface area contributed by atoms with Gasteiger partial charge in [-0.1, -0.05) is 12.1 Å². The van der Waals surface area contributed by atoms with Gasteiger partial charge in [-0.05, 0) is 60.7 Å². The number of para-hydroxylation sites is 2. The second-order valence-electron chi connectivity index (χ2n) is 6.56. The van der Waals surface area contributed by atoms with Gasteiger partial charge in [0.1, 0.15) is 23.0 Å². The Hall–Kier alpha value is -3.93. The first-order valence-corrected chi connectivity index (χ1v) is 9.07. The molecule has 2 heterocycles. The van der Waals surface area contributed by atoms with Crippen LogP contribution in [0, 0.1) is 5.82 Å². The second kappa shape index (κ2) is 6.91. The third-order valence-electron chi connectivity index (χ3n) is 4.66. The number of nitrogens with one attached hydrogen (secondary N) is 1. The van der Waals surface area contributed by atoms with Crippen LogP contribution < -0.4 is 10.3 Å². The molecule has 1 N–H and O–H groups in total. The molecule has 5 aromatic rings. The molecular weight excluding hydrogens is 369 g/mol. The molecule has 3 aromatic carbocycles. The second-order valence-corrected chi connectivity index (χ2v) is 6.56. The molecule has 0 saturated carbocycles. The van der Waals surface area contributed by atoms with E-state index in [-0.39, 0.29) is 5.82 Å². The Labute approximate surface area is 165 Å². The smallest absolute Gasteiger partial charge is 0.230 e. The van der Waals surface area contributed by atoms with Crippen molar-refractivity contribution in [2.24, 2.45) is 4.99 Å². The van der Waals surface area contributed by atoms with E-state index in [0.717, 1.165) is 22.2 Å². The van der Waals surface area contributed by atoms with Crippen LogP contribution in [-0.4, -0.2) is 17.1 Å². The molecule has 142 valence electrons. The largest absolute Gasteiger partial charge is 0.497 e. The monoisotopic (exact) mass is 385 g/mol. The van der Waals surface area contributed by atoms with Crippen LogP contribution in [0.2, 0.25) is 0 Å². The van der Waals surface area contributed by atoms with Gasteiger partial charge in [0.15, 0.2) is 0 Å². The van der Waals surface area contributed by atoms with Crippen LogP contribution in [0.5, 0.6) is 5.75 Å². The van der Waals surface area contributed by atoms with E-state index in [0.29, 0.717) is 28.2 Å². The highest BCUT2D eigenvalue weighted by Gasteiger charge is 2.12. The Kier molecular flexibility index (Phi) is 4.09. The average molecular weight is 385 g/mol. The Bertz CT molecular complexity index is 1370. The summed E-state index contributed by atoms with van der Waals surface area (Å²) in [5.74, 6) is 1.05. The van der Waals surface area contributed by atoms with Gasteiger partial charge in [0.2, 0.25) is 5.55 Å². The van der Waals surface area contributed by atoms with Gasteiger partial charge in [-0.2, -0.15) is 0 Å². The van der Waals surface area contributed by atoms with Crippen molar-refractivity contribution >= 4 is 27.7 Å². The lowest BCUT2D eigenvalue weighted by Gasteiger charge is -2.05. The van der Waals surface area contributed by atoms with Gasteiger partial charge in [0, 0.05) is 5.39 Å². The molecule has 0 aliphatic heterocycles. The minimum atomic E-state index is -0.316. The van der Waals surface area contributed by atoms with Gasteiger partial charge in [-0.3, -0.25) is 0 Å². The van der Waals surface area contributed by atoms with Crippen molar-refractivity contribution in [2.45, 2.75) is 0 Å². The zero-order valence-corrected chi connectivity index (χ0v) is 15.5. The number of rotatable bonds is 3. The van der Waals surface area contributed by atoms with E-state index in [1.807, 2.05) is 48.5 Å². The normalized spacial score (nSPS) is 12.0. The maximum absolute atomic E-state index is 13.3. The molecule has 0 fully saturated rings. The van der Waals surface area contributed by atoms with Crippen LogP contribution >= 0.6 is 0 Å². The number of hydrogen-bond donors (Lipinski definition) is 1. The van der Waals surface area contributed by atoms with Gasteiger partial charge < -0.3 is 14.1 Å². The molecule has 0 aliphatic carbocycles. The average Bonchev–Trinajstić information content (AvgIpc) is 3.18. The fraction of sp³-hybridized carbons (Fsp3) is 0.0435. The number of imidazole rings is 1. The number of fused-ring (bicyclic) bond motifs is 2. The van der Waals surface area contributed by atoms with Crippen LogP contribution in [0.4, 0.5) is 10.1 Å². The zero-order valence-electron chi connectivity index (χ0n) is 15.5. The predicted molar refractivity (Wildman–Crippen MR) is 109 cm³/mol. The number of benzene rings is 3. The molecule has 29 heavy (non-hydrogen) atoms. The van der Waals surface area contributed by atoms with E-state index in [2.05, 4.69) is 15.0 Å². The van der Waals surface area contributed by atoms with Gasteiger partial charge in [0.05, 0.1) is 29.4 Å². The van der Waals surface area contributed by atoms with Crippen LogP contribution in [0.25, 0.3) is 33.4 Å². The van der Waals surface area contributed by atoms with E-state index < -0.39 is 0 Å². The molecule has 0 aliphatic rings. The Morgan fingerprint density at radius 3 is 2.62 bits per heavy atom. The topological polar surface area (TPSA) is 63.4 Å². The predicted octanol–water partition coefficient (Wildman–Crippen LogP) is 5.36. The number of methoxy groups -OCH3 is 1. The standard InChI is InChI=1S/C23H16FN3O2/c1-28-17-10-11-21-14(12-17)13-18(22-26-19-4-2-3-5-20(19)27-22)23(29-21)25-16-8-6-15(24)7-9-16/h2-13H,1H3,(H,26,27). The minimum Gasteiger partial charge on any atom is -0.497 e. The number of hydrogen-bond acceptors (Lipinski definition) is 4. The van der Waals surface area contributed by atoms with Crippen molar-refractivity contribution in [3.05, 3.63) is 84.2 Å². The van der Waals surface area contributed by atoms with Crippen molar-refractivity contribution in [1.29, 1.82) is 0 Å². The van der Waals surface area contributed by atoms with Crippen molar-refractivity contribution in [3.63, 3.8) is 0 Å². The molecule has 0 spiro atoms. The molecule has 5 nitrogen and oxygen atoms in total. The first-order chi connectivity index (χ1) is 14.2. The van der Waals surface area contributed by atoms with E-state index in [1.54, 1.807) is 19.2 Å². The number of aromatic nitrogens is 2. The third-order valence-corrected chi connectivity index (χ3v) is 4.66. The summed E-state index contributed by atoms with van der Waals surface area (Å²) < 4.78 is 24.7. The van der Waals surface area contributed by atoms with Gasteiger partial charge >= 0.3 is 0 Å². The fourth-order valence-corrected chi connectivity index (χ4v) is 3.20. The molecule has 0 bridgehead atoms. The number of H-pyrrole nitrogens is 1. The molecule has 0 amide bonds. The van der Waals surface area contributed by atoms with E-state index in [9.17, 15) is 4.39 Å². The van der Waals surface area contributed by atoms with Gasteiger partial charge in [-0.25, -0.2) is 14.4 Å². The molecule has 2 aromatic heterocycles. The lowest BCUT2D eigenvalue weighted by molar-refractivity contribution is 0.415. The molecular formula is C23H16FN3O2. The maximum Gasteiger partial charge on any atom is 0.230 e. The summed E-state index contributed by atoms with van der Waals surface area (Å²) in [5, 5.41) is 0.859. The highest BCUT2D eigenvalue weighted by molar-refractivity contribution is 5.84. The molecule has 6 heteroatoms. The summed E-state index contributed by atoms with van der Waals surface area (Å²) in [6.45, 7) is 0. The van der Waals surface area contributed by atoms with E-state index in [4.69, 9.17) is 9.15 Å². The summed E-state index contributed by atoms with van der Waals surface area (Å²) in [6, 6.07) is 21.2. The minimum absolute atomic E-state index is 0.316. The third kappa shape index (κ3) is 3.25. The first kappa shape index (κ1) is 17.2. The number of ether oxygens (including phenoxy) is 1. The lowest BCUT2D eigenvalue weighted by Crippen LogP contribution is -2.06. The molecule has 0 atom stereocenters. The molecule has 5 rings (SSSR count). The maximum atomic E-state index is 13.3. The van der Waals surface area contributed by atoms with Crippen LogP contribution in [0.15, 0.2) is 82.2 Å². The summed E-state index contributed by atoms with van der Waals surface area (Å²) in [4.78, 5) is 12.6. The van der Waals surface area contributed by atoms with Crippen LogP contribution in [0.3, 0.4) is 0 Å². The quantitative estimate of drug-likeness (QED) is 0.455. The SMILES string of the molecule is COc1ccc2oc(=Nc3ccc(F)cc3)c(-c3nc4ccccc4[nH]3)cc2c1. The Morgan fingerprint density at radius 1 is 1.00 bits per heavy atom. The summed E-state index contributed by atoms with van der Waals surface area (Å²) >= 11 is 0. The van der Waals surface area contributed by atoms with Crippen molar-refractivity contribution in [3.8, 4) is 17.1 Å². The summed E-state index contributed by atoms with van der Waals surface area (Å²) in [5.41, 5.74) is 4.09. The summed E-state index contributed by atoms with van der Waals surface area (Å²) in [6.07, 6.45) is 0. The van der Waals surface area contributed by atoms with Gasteiger partial charge in [-0.15, -0.1) is 0 Å². The van der Waals surface area contributed by atoms with Crippen molar-refractivity contribution in [1.82, 2.24) is 9.97 Å². The molecule has 0 saturated heterocycles. The number of aromatic amines is 1. The number of nitrogens with zero attached hydrogens (tertiary/aromatic N) is 2. The Morgan fingerprint density at radius 2 is 1.83 bits per heavy atom. The highest BCUT2D eigenvalue weighted by atomic mass is 19.1. The number of halogens is 1. The van der Waals surface area contributed by atoms with E-state index in [1.165, 1.54) is 12.1 Å². The first-order valence-electron chi connectivity index (χ1n) is 9.07. The Balaban J connectivity index is 1.79. The highest BCUT2D eigenvalue weighted by Crippen LogP contribution is 2.25. The zero-order chi connectivity index (χ0) is 19.8. The summed E-state index contributed by atoms with van der Waals surface area (Å²) in [7, 11) is 1.62. The lowest BCUT2D eigenvalue weighted by atomic mass is 10.1. The van der Waals surface area contributed by atoms with Crippen molar-refractivity contribution in [2.75, 3.05) is 7.11 Å².